The van der Waals surface area contributed by atoms with Gasteiger partial charge in [-0.05, 0) is 32.0 Å². The summed E-state index contributed by atoms with van der Waals surface area (Å²) in [5.74, 6) is 0.0479. The van der Waals surface area contributed by atoms with Crippen LogP contribution in [-0.4, -0.2) is 29.1 Å². The first-order valence-electron chi connectivity index (χ1n) is 5.43. The van der Waals surface area contributed by atoms with Crippen LogP contribution in [0.5, 0.6) is 0 Å². The summed E-state index contributed by atoms with van der Waals surface area (Å²) < 4.78 is 37.3. The minimum atomic E-state index is -4.42. The SMILES string of the molecule is FC(F)(F)c1ccnc(NC2CCNCC2)n1. The van der Waals surface area contributed by atoms with Crippen molar-refractivity contribution < 1.29 is 13.2 Å². The zero-order valence-electron chi connectivity index (χ0n) is 9.09. The monoisotopic (exact) mass is 246 g/mol. The average molecular weight is 246 g/mol. The summed E-state index contributed by atoms with van der Waals surface area (Å²) in [6.45, 7) is 1.72. The minimum absolute atomic E-state index is 0.0479. The van der Waals surface area contributed by atoms with Crippen LogP contribution in [0.3, 0.4) is 0 Å². The molecule has 0 bridgehead atoms. The van der Waals surface area contributed by atoms with Crippen LogP contribution in [0.4, 0.5) is 19.1 Å². The Bertz CT molecular complexity index is 374. The van der Waals surface area contributed by atoms with E-state index < -0.39 is 11.9 Å². The van der Waals surface area contributed by atoms with Gasteiger partial charge in [-0.2, -0.15) is 13.2 Å². The van der Waals surface area contributed by atoms with Crippen molar-refractivity contribution in [3.63, 3.8) is 0 Å². The van der Waals surface area contributed by atoms with Gasteiger partial charge in [0.25, 0.3) is 0 Å². The molecule has 0 unspecified atom stereocenters. The van der Waals surface area contributed by atoms with Gasteiger partial charge in [0.1, 0.15) is 5.69 Å². The molecule has 2 rings (SSSR count). The Balaban J connectivity index is 2.05. The Hall–Kier alpha value is -1.37. The zero-order valence-corrected chi connectivity index (χ0v) is 9.09. The number of hydrogen-bond donors (Lipinski definition) is 2. The first kappa shape index (κ1) is 12.1. The number of alkyl halides is 3. The predicted octanol–water partition coefficient (Wildman–Crippen LogP) is 1.66. The minimum Gasteiger partial charge on any atom is -0.351 e. The third kappa shape index (κ3) is 3.29. The van der Waals surface area contributed by atoms with Gasteiger partial charge < -0.3 is 10.6 Å². The second-order valence-corrected chi connectivity index (χ2v) is 3.93. The second-order valence-electron chi connectivity index (χ2n) is 3.93. The molecule has 1 saturated heterocycles. The second kappa shape index (κ2) is 4.87. The van der Waals surface area contributed by atoms with Crippen molar-refractivity contribution in [3.8, 4) is 0 Å². The van der Waals surface area contributed by atoms with Gasteiger partial charge in [0.15, 0.2) is 0 Å². The van der Waals surface area contributed by atoms with Gasteiger partial charge in [-0.1, -0.05) is 0 Å². The largest absolute Gasteiger partial charge is 0.433 e. The number of anilines is 1. The summed E-state index contributed by atoms with van der Waals surface area (Å²) in [7, 11) is 0. The molecule has 0 atom stereocenters. The fraction of sp³-hybridized carbons (Fsp3) is 0.600. The molecule has 4 nitrogen and oxygen atoms in total. The average Bonchev–Trinajstić information content (AvgIpc) is 2.29. The quantitative estimate of drug-likeness (QED) is 0.833. The molecular weight excluding hydrogens is 233 g/mol. The summed E-state index contributed by atoms with van der Waals surface area (Å²) in [6.07, 6.45) is -1.58. The molecular formula is C10H13F3N4. The molecule has 0 spiro atoms. The molecule has 0 amide bonds. The van der Waals surface area contributed by atoms with Crippen molar-refractivity contribution in [2.24, 2.45) is 0 Å². The van der Waals surface area contributed by atoms with E-state index in [4.69, 9.17) is 0 Å². The first-order valence-corrected chi connectivity index (χ1v) is 5.43. The van der Waals surface area contributed by atoms with Gasteiger partial charge in [-0.3, -0.25) is 0 Å². The molecule has 1 aliphatic heterocycles. The lowest BCUT2D eigenvalue weighted by atomic mass is 10.1. The van der Waals surface area contributed by atoms with Crippen LogP contribution in [-0.2, 0) is 6.18 Å². The summed E-state index contributed by atoms with van der Waals surface area (Å²) in [4.78, 5) is 7.27. The number of nitrogens with zero attached hydrogens (tertiary/aromatic N) is 2. The number of halogens is 3. The van der Waals surface area contributed by atoms with Crippen LogP contribution in [0, 0.1) is 0 Å². The summed E-state index contributed by atoms with van der Waals surface area (Å²) in [5.41, 5.74) is -0.913. The third-order valence-electron chi connectivity index (χ3n) is 2.62. The van der Waals surface area contributed by atoms with Crippen molar-refractivity contribution in [1.29, 1.82) is 0 Å². The smallest absolute Gasteiger partial charge is 0.351 e. The van der Waals surface area contributed by atoms with E-state index in [1.54, 1.807) is 0 Å². The maximum absolute atomic E-state index is 12.4. The van der Waals surface area contributed by atoms with E-state index in [1.165, 1.54) is 0 Å². The van der Waals surface area contributed by atoms with E-state index >= 15 is 0 Å². The van der Waals surface area contributed by atoms with Crippen LogP contribution in [0.2, 0.25) is 0 Å². The summed E-state index contributed by atoms with van der Waals surface area (Å²) >= 11 is 0. The van der Waals surface area contributed by atoms with E-state index in [-0.39, 0.29) is 12.0 Å². The lowest BCUT2D eigenvalue weighted by Gasteiger charge is -2.23. The first-order chi connectivity index (χ1) is 8.05. The van der Waals surface area contributed by atoms with Crippen molar-refractivity contribution in [1.82, 2.24) is 15.3 Å². The number of rotatable bonds is 2. The van der Waals surface area contributed by atoms with Crippen molar-refractivity contribution >= 4 is 5.95 Å². The number of piperidine rings is 1. The molecule has 2 heterocycles. The Morgan fingerprint density at radius 1 is 1.29 bits per heavy atom. The molecule has 17 heavy (non-hydrogen) atoms. The highest BCUT2D eigenvalue weighted by Crippen LogP contribution is 2.27. The lowest BCUT2D eigenvalue weighted by Crippen LogP contribution is -2.35. The van der Waals surface area contributed by atoms with Gasteiger partial charge in [-0.25, -0.2) is 9.97 Å². The van der Waals surface area contributed by atoms with E-state index in [9.17, 15) is 13.2 Å². The Morgan fingerprint density at radius 3 is 2.65 bits per heavy atom. The molecule has 7 heteroatoms. The topological polar surface area (TPSA) is 49.8 Å². The maximum Gasteiger partial charge on any atom is 0.433 e. The van der Waals surface area contributed by atoms with E-state index in [0.29, 0.717) is 0 Å². The lowest BCUT2D eigenvalue weighted by molar-refractivity contribution is -0.141. The highest BCUT2D eigenvalue weighted by molar-refractivity contribution is 5.27. The molecule has 94 valence electrons. The molecule has 1 aliphatic rings. The van der Waals surface area contributed by atoms with Gasteiger partial charge >= 0.3 is 6.18 Å². The predicted molar refractivity (Wildman–Crippen MR) is 56.5 cm³/mol. The van der Waals surface area contributed by atoms with Crippen LogP contribution in [0.25, 0.3) is 0 Å². The van der Waals surface area contributed by atoms with Crippen LogP contribution < -0.4 is 10.6 Å². The van der Waals surface area contributed by atoms with Crippen LogP contribution in [0.15, 0.2) is 12.3 Å². The van der Waals surface area contributed by atoms with Crippen LogP contribution >= 0.6 is 0 Å². The molecule has 0 radical (unpaired) electrons. The van der Waals surface area contributed by atoms with Gasteiger partial charge in [0.2, 0.25) is 5.95 Å². The Morgan fingerprint density at radius 2 is 2.00 bits per heavy atom. The molecule has 1 aromatic heterocycles. The molecule has 0 saturated carbocycles. The highest BCUT2D eigenvalue weighted by Gasteiger charge is 2.32. The van der Waals surface area contributed by atoms with Crippen molar-refractivity contribution in [2.75, 3.05) is 18.4 Å². The zero-order chi connectivity index (χ0) is 12.3. The van der Waals surface area contributed by atoms with Crippen molar-refractivity contribution in [2.45, 2.75) is 25.1 Å². The fourth-order valence-electron chi connectivity index (χ4n) is 1.73. The Labute approximate surface area is 96.7 Å². The fourth-order valence-corrected chi connectivity index (χ4v) is 1.73. The van der Waals surface area contributed by atoms with E-state index in [0.717, 1.165) is 38.2 Å². The highest BCUT2D eigenvalue weighted by atomic mass is 19.4. The molecule has 0 aliphatic carbocycles. The number of hydrogen-bond acceptors (Lipinski definition) is 4. The van der Waals surface area contributed by atoms with Crippen LogP contribution in [0.1, 0.15) is 18.5 Å². The normalized spacial score (nSPS) is 18.1. The molecule has 2 N–H and O–H groups in total. The molecule has 1 aromatic rings. The van der Waals surface area contributed by atoms with Crippen molar-refractivity contribution in [3.05, 3.63) is 18.0 Å². The van der Waals surface area contributed by atoms with Gasteiger partial charge in [0, 0.05) is 12.2 Å². The number of nitrogens with one attached hydrogen (secondary N) is 2. The standard InChI is InChI=1S/C10H13F3N4/c11-10(12,13)8-3-6-15-9(17-8)16-7-1-4-14-5-2-7/h3,6-7,14H,1-2,4-5H2,(H,15,16,17). The van der Waals surface area contributed by atoms with Gasteiger partial charge in [0.05, 0.1) is 0 Å². The van der Waals surface area contributed by atoms with Gasteiger partial charge in [-0.15, -0.1) is 0 Å². The summed E-state index contributed by atoms with van der Waals surface area (Å²) in [6, 6.07) is 1.01. The maximum atomic E-state index is 12.4. The third-order valence-corrected chi connectivity index (χ3v) is 2.62. The number of aromatic nitrogens is 2. The van der Waals surface area contributed by atoms with E-state index in [2.05, 4.69) is 20.6 Å². The Kier molecular flexibility index (Phi) is 3.46. The summed E-state index contributed by atoms with van der Waals surface area (Å²) in [5, 5.41) is 6.11. The molecule has 1 fully saturated rings. The van der Waals surface area contributed by atoms with E-state index in [1.807, 2.05) is 0 Å². The molecule has 0 aromatic carbocycles.